The average molecular weight is 304 g/mol. The van der Waals surface area contributed by atoms with Crippen molar-refractivity contribution in [1.82, 2.24) is 5.32 Å². The normalized spacial score (nSPS) is 21.0. The van der Waals surface area contributed by atoms with E-state index in [0.717, 1.165) is 6.42 Å². The van der Waals surface area contributed by atoms with Gasteiger partial charge in [-0.3, -0.25) is 10.1 Å². The highest BCUT2D eigenvalue weighted by atomic mass is 16.5. The summed E-state index contributed by atoms with van der Waals surface area (Å²) in [5.74, 6) is 0.476. The molecule has 2 rings (SSSR count). The van der Waals surface area contributed by atoms with Gasteiger partial charge in [-0.25, -0.2) is 4.79 Å². The molecule has 0 bridgehead atoms. The molecule has 22 heavy (non-hydrogen) atoms. The lowest BCUT2D eigenvalue weighted by Gasteiger charge is -2.29. The number of ether oxygens (including phenoxy) is 1. The Morgan fingerprint density at radius 3 is 2.50 bits per heavy atom. The minimum absolute atomic E-state index is 0.0542. The second-order valence-electron chi connectivity index (χ2n) is 5.76. The van der Waals surface area contributed by atoms with E-state index < -0.39 is 6.09 Å². The van der Waals surface area contributed by atoms with E-state index in [1.165, 1.54) is 19.3 Å². The molecule has 0 unspecified atom stereocenters. The second kappa shape index (κ2) is 7.82. The molecule has 5 heteroatoms. The van der Waals surface area contributed by atoms with Crippen LogP contribution in [0.4, 0.5) is 10.5 Å². The molecular weight excluding hydrogens is 280 g/mol. The van der Waals surface area contributed by atoms with Gasteiger partial charge in [0.2, 0.25) is 0 Å². The van der Waals surface area contributed by atoms with Gasteiger partial charge in [-0.05, 0) is 49.9 Å². The molecule has 0 aliphatic heterocycles. The van der Waals surface area contributed by atoms with Crippen molar-refractivity contribution in [2.75, 3.05) is 11.9 Å². The molecule has 0 spiro atoms. The lowest BCUT2D eigenvalue weighted by atomic mass is 9.86. The van der Waals surface area contributed by atoms with Gasteiger partial charge in [0.05, 0.1) is 6.61 Å². The molecule has 120 valence electrons. The lowest BCUT2D eigenvalue weighted by Crippen LogP contribution is -2.41. The topological polar surface area (TPSA) is 67.4 Å². The van der Waals surface area contributed by atoms with Crippen LogP contribution < -0.4 is 10.6 Å². The SMILES string of the molecule is CCOC(=O)Nc1ccc(C(=O)N[C@@H]2CCCC[C@H]2C)cc1. The number of rotatable bonds is 4. The Hall–Kier alpha value is -2.04. The summed E-state index contributed by atoms with van der Waals surface area (Å²) in [6.45, 7) is 4.27. The fourth-order valence-electron chi connectivity index (χ4n) is 2.77. The van der Waals surface area contributed by atoms with E-state index in [4.69, 9.17) is 4.74 Å². The van der Waals surface area contributed by atoms with Gasteiger partial charge < -0.3 is 10.1 Å². The predicted molar refractivity (Wildman–Crippen MR) is 86.0 cm³/mol. The van der Waals surface area contributed by atoms with E-state index in [9.17, 15) is 9.59 Å². The molecule has 0 heterocycles. The molecule has 1 aliphatic rings. The number of benzene rings is 1. The minimum Gasteiger partial charge on any atom is -0.450 e. The van der Waals surface area contributed by atoms with Crippen LogP contribution in [0.25, 0.3) is 0 Å². The van der Waals surface area contributed by atoms with E-state index in [1.54, 1.807) is 31.2 Å². The average Bonchev–Trinajstić information content (AvgIpc) is 2.50. The molecule has 1 fully saturated rings. The first-order valence-corrected chi connectivity index (χ1v) is 7.95. The molecule has 0 aromatic heterocycles. The van der Waals surface area contributed by atoms with Crippen molar-refractivity contribution in [3.8, 4) is 0 Å². The number of hydrogen-bond acceptors (Lipinski definition) is 3. The van der Waals surface area contributed by atoms with Gasteiger partial charge in [-0.1, -0.05) is 19.8 Å². The number of carbonyl (C=O) groups excluding carboxylic acids is 2. The minimum atomic E-state index is -0.490. The van der Waals surface area contributed by atoms with Crippen LogP contribution >= 0.6 is 0 Å². The van der Waals surface area contributed by atoms with Crippen molar-refractivity contribution < 1.29 is 14.3 Å². The fraction of sp³-hybridized carbons (Fsp3) is 0.529. The number of hydrogen-bond donors (Lipinski definition) is 2. The Kier molecular flexibility index (Phi) is 5.81. The van der Waals surface area contributed by atoms with E-state index in [2.05, 4.69) is 17.6 Å². The maximum atomic E-state index is 12.3. The van der Waals surface area contributed by atoms with E-state index in [0.29, 0.717) is 23.8 Å². The van der Waals surface area contributed by atoms with Crippen molar-refractivity contribution in [3.05, 3.63) is 29.8 Å². The monoisotopic (exact) mass is 304 g/mol. The molecule has 1 aromatic carbocycles. The summed E-state index contributed by atoms with van der Waals surface area (Å²) >= 11 is 0. The zero-order valence-electron chi connectivity index (χ0n) is 13.2. The summed E-state index contributed by atoms with van der Waals surface area (Å²) in [4.78, 5) is 23.6. The smallest absolute Gasteiger partial charge is 0.411 e. The molecule has 2 amide bonds. The van der Waals surface area contributed by atoms with E-state index in [-0.39, 0.29) is 11.9 Å². The van der Waals surface area contributed by atoms with Crippen molar-refractivity contribution in [3.63, 3.8) is 0 Å². The predicted octanol–water partition coefficient (Wildman–Crippen LogP) is 3.56. The molecule has 5 nitrogen and oxygen atoms in total. The summed E-state index contributed by atoms with van der Waals surface area (Å²) < 4.78 is 4.81. The second-order valence-corrected chi connectivity index (χ2v) is 5.76. The Labute approximate surface area is 131 Å². The van der Waals surface area contributed by atoms with Crippen LogP contribution in [-0.2, 0) is 4.74 Å². The van der Waals surface area contributed by atoms with Crippen molar-refractivity contribution >= 4 is 17.7 Å². The highest BCUT2D eigenvalue weighted by Gasteiger charge is 2.23. The largest absolute Gasteiger partial charge is 0.450 e. The van der Waals surface area contributed by atoms with Crippen molar-refractivity contribution in [1.29, 1.82) is 0 Å². The first kappa shape index (κ1) is 16.3. The van der Waals surface area contributed by atoms with Crippen LogP contribution in [0.1, 0.15) is 49.9 Å². The highest BCUT2D eigenvalue weighted by molar-refractivity contribution is 5.95. The van der Waals surface area contributed by atoms with E-state index in [1.807, 2.05) is 0 Å². The maximum absolute atomic E-state index is 12.3. The molecule has 0 radical (unpaired) electrons. The molecule has 0 saturated heterocycles. The van der Waals surface area contributed by atoms with Crippen molar-refractivity contribution in [2.45, 2.75) is 45.6 Å². The summed E-state index contributed by atoms with van der Waals surface area (Å²) in [6.07, 6.45) is 4.16. The molecular formula is C17H24N2O3. The highest BCUT2D eigenvalue weighted by Crippen LogP contribution is 2.24. The third-order valence-electron chi connectivity index (χ3n) is 4.10. The Morgan fingerprint density at radius 2 is 1.86 bits per heavy atom. The molecule has 1 aromatic rings. The van der Waals surface area contributed by atoms with Crippen LogP contribution in [0.3, 0.4) is 0 Å². The first-order valence-electron chi connectivity index (χ1n) is 7.95. The maximum Gasteiger partial charge on any atom is 0.411 e. The van der Waals surface area contributed by atoms with Crippen LogP contribution in [0.15, 0.2) is 24.3 Å². The van der Waals surface area contributed by atoms with Gasteiger partial charge in [0.1, 0.15) is 0 Å². The number of anilines is 1. The molecule has 1 saturated carbocycles. The summed E-state index contributed by atoms with van der Waals surface area (Å²) in [5.41, 5.74) is 1.22. The third-order valence-corrected chi connectivity index (χ3v) is 4.10. The number of amides is 2. The van der Waals surface area contributed by atoms with Gasteiger partial charge in [-0.15, -0.1) is 0 Å². The van der Waals surface area contributed by atoms with Gasteiger partial charge in [-0.2, -0.15) is 0 Å². The molecule has 2 atom stereocenters. The van der Waals surface area contributed by atoms with Gasteiger partial charge >= 0.3 is 6.09 Å². The zero-order valence-corrected chi connectivity index (χ0v) is 13.2. The Bertz CT molecular complexity index is 513. The zero-order chi connectivity index (χ0) is 15.9. The van der Waals surface area contributed by atoms with Crippen LogP contribution in [0.2, 0.25) is 0 Å². The van der Waals surface area contributed by atoms with E-state index >= 15 is 0 Å². The van der Waals surface area contributed by atoms with Crippen molar-refractivity contribution in [2.24, 2.45) is 5.92 Å². The fourth-order valence-corrected chi connectivity index (χ4v) is 2.77. The summed E-state index contributed by atoms with van der Waals surface area (Å²) in [7, 11) is 0. The lowest BCUT2D eigenvalue weighted by molar-refractivity contribution is 0.0910. The Balaban J connectivity index is 1.91. The van der Waals surface area contributed by atoms with Crippen LogP contribution in [0, 0.1) is 5.92 Å². The van der Waals surface area contributed by atoms with Gasteiger partial charge in [0.25, 0.3) is 5.91 Å². The molecule has 2 N–H and O–H groups in total. The number of nitrogens with one attached hydrogen (secondary N) is 2. The standard InChI is InChI=1S/C17H24N2O3/c1-3-22-17(21)18-14-10-8-13(9-11-14)16(20)19-15-7-5-4-6-12(15)2/h8-12,15H,3-7H2,1-2H3,(H,18,21)(H,19,20)/t12-,15-/m1/s1. The quantitative estimate of drug-likeness (QED) is 0.893. The summed E-state index contributed by atoms with van der Waals surface area (Å²) in [5, 5.41) is 5.72. The molecule has 1 aliphatic carbocycles. The van der Waals surface area contributed by atoms with Crippen LogP contribution in [0.5, 0.6) is 0 Å². The van der Waals surface area contributed by atoms with Gasteiger partial charge in [0, 0.05) is 17.3 Å². The third kappa shape index (κ3) is 4.48. The summed E-state index contributed by atoms with van der Waals surface area (Å²) in [6, 6.07) is 7.10. The van der Waals surface area contributed by atoms with Gasteiger partial charge in [0.15, 0.2) is 0 Å². The van der Waals surface area contributed by atoms with Crippen LogP contribution in [-0.4, -0.2) is 24.6 Å². The Morgan fingerprint density at radius 1 is 1.18 bits per heavy atom. The number of carbonyl (C=O) groups is 2. The first-order chi connectivity index (χ1) is 10.6.